The maximum absolute atomic E-state index is 5.39. The van der Waals surface area contributed by atoms with Crippen molar-refractivity contribution in [2.45, 2.75) is 19.6 Å². The lowest BCUT2D eigenvalue weighted by Gasteiger charge is -2.17. The van der Waals surface area contributed by atoms with Crippen LogP contribution in [0.5, 0.6) is 0 Å². The van der Waals surface area contributed by atoms with Gasteiger partial charge in [-0.3, -0.25) is 0 Å². The van der Waals surface area contributed by atoms with E-state index >= 15 is 0 Å². The summed E-state index contributed by atoms with van der Waals surface area (Å²) in [6, 6.07) is 10.0. The zero-order valence-corrected chi connectivity index (χ0v) is 12.0. The molecule has 1 aromatic heterocycles. The molecular formula is C14H16BrNO2. The average molecular weight is 310 g/mol. The fourth-order valence-electron chi connectivity index (χ4n) is 1.83. The maximum atomic E-state index is 5.39. The lowest BCUT2D eigenvalue weighted by molar-refractivity contribution is 0.185. The smallest absolute Gasteiger partial charge is 0.125 e. The highest BCUT2D eigenvalue weighted by atomic mass is 79.9. The van der Waals surface area contributed by atoms with Crippen LogP contribution >= 0.6 is 15.9 Å². The van der Waals surface area contributed by atoms with Crippen molar-refractivity contribution >= 4 is 21.6 Å². The van der Waals surface area contributed by atoms with Gasteiger partial charge in [0.1, 0.15) is 5.76 Å². The Morgan fingerprint density at radius 2 is 2.17 bits per heavy atom. The van der Waals surface area contributed by atoms with E-state index in [9.17, 15) is 0 Å². The van der Waals surface area contributed by atoms with E-state index in [1.807, 2.05) is 30.3 Å². The molecule has 1 N–H and O–H groups in total. The highest BCUT2D eigenvalue weighted by Gasteiger charge is 2.12. The molecule has 4 heteroatoms. The zero-order valence-electron chi connectivity index (χ0n) is 10.4. The van der Waals surface area contributed by atoms with Crippen LogP contribution in [0.4, 0.5) is 5.69 Å². The molecule has 2 rings (SSSR count). The van der Waals surface area contributed by atoms with Crippen molar-refractivity contribution in [1.29, 1.82) is 0 Å². The van der Waals surface area contributed by atoms with E-state index in [-0.39, 0.29) is 6.04 Å². The second-order valence-electron chi connectivity index (χ2n) is 4.08. The van der Waals surface area contributed by atoms with Gasteiger partial charge in [-0.15, -0.1) is 0 Å². The van der Waals surface area contributed by atoms with Gasteiger partial charge >= 0.3 is 0 Å². The first-order valence-electron chi connectivity index (χ1n) is 5.78. The van der Waals surface area contributed by atoms with Gasteiger partial charge in [0.05, 0.1) is 18.9 Å². The van der Waals surface area contributed by atoms with Crippen LogP contribution in [-0.4, -0.2) is 7.11 Å². The van der Waals surface area contributed by atoms with Crippen molar-refractivity contribution in [3.63, 3.8) is 0 Å². The molecule has 0 aliphatic carbocycles. The van der Waals surface area contributed by atoms with Crippen LogP contribution in [0.25, 0.3) is 0 Å². The molecule has 0 spiro atoms. The Morgan fingerprint density at radius 1 is 1.33 bits per heavy atom. The summed E-state index contributed by atoms with van der Waals surface area (Å²) in [5.74, 6) is 0.915. The minimum absolute atomic E-state index is 0.116. The Kier molecular flexibility index (Phi) is 4.44. The van der Waals surface area contributed by atoms with E-state index in [2.05, 4.69) is 28.2 Å². The van der Waals surface area contributed by atoms with Crippen molar-refractivity contribution in [1.82, 2.24) is 0 Å². The molecule has 0 fully saturated rings. The molecule has 0 amide bonds. The number of anilines is 1. The number of nitrogens with one attached hydrogen (secondary N) is 1. The number of hydrogen-bond acceptors (Lipinski definition) is 3. The van der Waals surface area contributed by atoms with Gasteiger partial charge in [-0.1, -0.05) is 22.0 Å². The highest BCUT2D eigenvalue weighted by Crippen LogP contribution is 2.28. The number of methoxy groups -OCH3 is 1. The van der Waals surface area contributed by atoms with E-state index in [0.29, 0.717) is 6.61 Å². The molecule has 1 unspecified atom stereocenters. The first-order valence-corrected chi connectivity index (χ1v) is 6.58. The van der Waals surface area contributed by atoms with Crippen LogP contribution in [-0.2, 0) is 11.3 Å². The fraction of sp³-hybridized carbons (Fsp3) is 0.286. The average Bonchev–Trinajstić information content (AvgIpc) is 2.87. The van der Waals surface area contributed by atoms with E-state index in [0.717, 1.165) is 21.5 Å². The third-order valence-corrected chi connectivity index (χ3v) is 3.49. The summed E-state index contributed by atoms with van der Waals surface area (Å²) in [6.07, 6.45) is 1.69. The summed E-state index contributed by atoms with van der Waals surface area (Å²) in [5.41, 5.74) is 2.16. The SMILES string of the molecule is COCc1c(Br)cccc1NC(C)c1ccco1. The lowest BCUT2D eigenvalue weighted by Crippen LogP contribution is -2.08. The molecule has 18 heavy (non-hydrogen) atoms. The second-order valence-corrected chi connectivity index (χ2v) is 4.93. The number of furan rings is 1. The van der Waals surface area contributed by atoms with Crippen molar-refractivity contribution < 1.29 is 9.15 Å². The summed E-state index contributed by atoms with van der Waals surface area (Å²) < 4.78 is 11.7. The number of benzene rings is 1. The summed E-state index contributed by atoms with van der Waals surface area (Å²) in [6.45, 7) is 2.63. The first-order chi connectivity index (χ1) is 8.72. The zero-order chi connectivity index (χ0) is 13.0. The first kappa shape index (κ1) is 13.2. The molecular weight excluding hydrogens is 294 g/mol. The molecule has 2 aromatic rings. The minimum Gasteiger partial charge on any atom is -0.467 e. The number of rotatable bonds is 5. The predicted octanol–water partition coefficient (Wildman–Crippen LogP) is 4.36. The van der Waals surface area contributed by atoms with Gasteiger partial charge < -0.3 is 14.5 Å². The topological polar surface area (TPSA) is 34.4 Å². The Morgan fingerprint density at radius 3 is 2.83 bits per heavy atom. The summed E-state index contributed by atoms with van der Waals surface area (Å²) >= 11 is 3.54. The van der Waals surface area contributed by atoms with Crippen molar-refractivity contribution in [3.05, 3.63) is 52.4 Å². The van der Waals surface area contributed by atoms with Crippen LogP contribution in [0.1, 0.15) is 24.3 Å². The molecule has 0 bridgehead atoms. The Bertz CT molecular complexity index is 497. The lowest BCUT2D eigenvalue weighted by atomic mass is 10.1. The minimum atomic E-state index is 0.116. The van der Waals surface area contributed by atoms with Crippen molar-refractivity contribution in [2.75, 3.05) is 12.4 Å². The summed E-state index contributed by atoms with van der Waals surface area (Å²) in [4.78, 5) is 0. The molecule has 1 atom stereocenters. The van der Waals surface area contributed by atoms with Gasteiger partial charge in [0.2, 0.25) is 0 Å². The third kappa shape index (κ3) is 2.94. The summed E-state index contributed by atoms with van der Waals surface area (Å²) in [7, 11) is 1.69. The molecule has 0 saturated carbocycles. The van der Waals surface area contributed by atoms with Gasteiger partial charge in [-0.2, -0.15) is 0 Å². The highest BCUT2D eigenvalue weighted by molar-refractivity contribution is 9.10. The van der Waals surface area contributed by atoms with Gasteiger partial charge in [0.25, 0.3) is 0 Å². The van der Waals surface area contributed by atoms with Gasteiger partial charge in [0, 0.05) is 22.8 Å². The number of ether oxygens (including phenoxy) is 1. The van der Waals surface area contributed by atoms with Gasteiger partial charge in [0.15, 0.2) is 0 Å². The maximum Gasteiger partial charge on any atom is 0.125 e. The molecule has 3 nitrogen and oxygen atoms in total. The van der Waals surface area contributed by atoms with Crippen LogP contribution in [0.2, 0.25) is 0 Å². The van der Waals surface area contributed by atoms with E-state index < -0.39 is 0 Å². The predicted molar refractivity (Wildman–Crippen MR) is 75.6 cm³/mol. The van der Waals surface area contributed by atoms with E-state index in [1.165, 1.54) is 0 Å². The molecule has 0 saturated heterocycles. The Balaban J connectivity index is 2.20. The second kappa shape index (κ2) is 6.07. The fourth-order valence-corrected chi connectivity index (χ4v) is 2.31. The van der Waals surface area contributed by atoms with Crippen molar-refractivity contribution in [3.8, 4) is 0 Å². The molecule has 1 aromatic carbocycles. The Hall–Kier alpha value is -1.26. The standard InChI is InChI=1S/C14H16BrNO2/c1-10(14-7-4-8-18-14)16-13-6-3-5-12(15)11(13)9-17-2/h3-8,10,16H,9H2,1-2H3. The molecule has 0 aliphatic heterocycles. The number of hydrogen-bond donors (Lipinski definition) is 1. The van der Waals surface area contributed by atoms with Crippen LogP contribution in [0.3, 0.4) is 0 Å². The molecule has 0 aliphatic rings. The normalized spacial score (nSPS) is 12.4. The third-order valence-electron chi connectivity index (χ3n) is 2.75. The van der Waals surface area contributed by atoms with Crippen LogP contribution in [0.15, 0.2) is 45.5 Å². The van der Waals surface area contributed by atoms with Gasteiger partial charge in [-0.05, 0) is 31.2 Å². The van der Waals surface area contributed by atoms with E-state index in [4.69, 9.17) is 9.15 Å². The Labute approximate surface area is 115 Å². The largest absolute Gasteiger partial charge is 0.467 e. The quantitative estimate of drug-likeness (QED) is 0.891. The molecule has 0 radical (unpaired) electrons. The summed E-state index contributed by atoms with van der Waals surface area (Å²) in [5, 5.41) is 3.43. The monoisotopic (exact) mass is 309 g/mol. The van der Waals surface area contributed by atoms with Crippen LogP contribution < -0.4 is 5.32 Å². The number of halogens is 1. The van der Waals surface area contributed by atoms with Gasteiger partial charge in [-0.25, -0.2) is 0 Å². The molecule has 1 heterocycles. The van der Waals surface area contributed by atoms with E-state index in [1.54, 1.807) is 13.4 Å². The van der Waals surface area contributed by atoms with Crippen molar-refractivity contribution in [2.24, 2.45) is 0 Å². The van der Waals surface area contributed by atoms with Crippen LogP contribution in [0, 0.1) is 0 Å². The molecule has 96 valence electrons.